The van der Waals surface area contributed by atoms with Crippen molar-refractivity contribution in [1.82, 2.24) is 24.4 Å². The molecule has 7 rings (SSSR count). The molecule has 3 aromatic heterocycles. The Morgan fingerprint density at radius 2 is 1.83 bits per heavy atom. The molecule has 0 saturated heterocycles. The number of aromatic amines is 1. The molecule has 1 amide bonds. The van der Waals surface area contributed by atoms with Gasteiger partial charge in [-0.1, -0.05) is 30.3 Å². The lowest BCUT2D eigenvalue weighted by molar-refractivity contribution is -0.154. The number of aromatic nitrogens is 4. The molecule has 9 heteroatoms. The number of amides is 1. The number of carbonyl (C=O) groups is 2. The number of ether oxygens (including phenoxy) is 1. The Morgan fingerprint density at radius 3 is 2.62 bits per heavy atom. The molecule has 48 heavy (non-hydrogen) atoms. The third-order valence-electron chi connectivity index (χ3n) is 9.01. The zero-order valence-corrected chi connectivity index (χ0v) is 27.8. The number of benzene rings is 3. The van der Waals surface area contributed by atoms with Crippen LogP contribution in [0, 0.1) is 0 Å². The molecule has 1 aliphatic heterocycles. The number of nitrogens with zero attached hydrogens (tertiary/aromatic N) is 3. The first-order valence-corrected chi connectivity index (χ1v) is 16.5. The number of aromatic hydroxyl groups is 1. The highest BCUT2D eigenvalue weighted by Gasteiger charge is 2.33. The van der Waals surface area contributed by atoms with E-state index in [4.69, 9.17) is 4.74 Å². The number of nitrogens with one attached hydrogen (secondary N) is 2. The van der Waals surface area contributed by atoms with Crippen LogP contribution in [0.15, 0.2) is 79.4 Å². The number of carbonyl (C=O) groups excluding carboxylic acids is 2. The van der Waals surface area contributed by atoms with Gasteiger partial charge in [0.1, 0.15) is 11.4 Å². The fourth-order valence-corrected chi connectivity index (χ4v) is 6.98. The van der Waals surface area contributed by atoms with Crippen LogP contribution in [0.2, 0.25) is 0 Å². The van der Waals surface area contributed by atoms with Gasteiger partial charge >= 0.3 is 5.97 Å². The third-order valence-corrected chi connectivity index (χ3v) is 9.01. The average molecular weight is 644 g/mol. The fourth-order valence-electron chi connectivity index (χ4n) is 6.98. The number of phenols is 1. The summed E-state index contributed by atoms with van der Waals surface area (Å²) in [6, 6.07) is 19.4. The molecule has 3 N–H and O–H groups in total. The van der Waals surface area contributed by atoms with Gasteiger partial charge < -0.3 is 29.3 Å². The maximum atomic E-state index is 12.9. The minimum absolute atomic E-state index is 0.126. The van der Waals surface area contributed by atoms with Gasteiger partial charge in [0.05, 0.1) is 24.6 Å². The van der Waals surface area contributed by atoms with Crippen molar-refractivity contribution in [2.75, 3.05) is 0 Å². The van der Waals surface area contributed by atoms with E-state index in [-0.39, 0.29) is 23.7 Å². The van der Waals surface area contributed by atoms with E-state index in [1.165, 1.54) is 5.56 Å². The number of H-pyrrole nitrogens is 1. The summed E-state index contributed by atoms with van der Waals surface area (Å²) in [5.41, 5.74) is 8.49. The van der Waals surface area contributed by atoms with Crippen LogP contribution >= 0.6 is 0 Å². The van der Waals surface area contributed by atoms with Crippen LogP contribution in [0.5, 0.6) is 5.75 Å². The summed E-state index contributed by atoms with van der Waals surface area (Å²) in [6.07, 6.45) is 9.45. The van der Waals surface area contributed by atoms with Gasteiger partial charge in [-0.25, -0.2) is 4.98 Å². The standard InChI is InChI=1S/C39H41N5O4/c1-39(2,3)48-35(46)17-13-25-20-44(22-26-21-43(4)23-40-26)34-18-24(12-15-28(25)34)8-7-11-33-36(30-9-5-6-10-32(30)41-33)37-31-19-27(45)14-16-29(31)38(47)42-37/h5-6,9-10,12,14-16,18-21,23,37,41,45H,7-8,11,13,17,22H2,1-4H3,(H,42,47). The SMILES string of the molecule is Cn1cnc(Cn2cc(CCC(=O)OC(C)(C)C)c3ccc(CCCc4[nH]c5ccccc5c4C4NC(=O)c5ccc(O)cc54)cc32)c1. The van der Waals surface area contributed by atoms with Gasteiger partial charge in [-0.15, -0.1) is 0 Å². The minimum Gasteiger partial charge on any atom is -0.508 e. The first-order chi connectivity index (χ1) is 23.0. The van der Waals surface area contributed by atoms with Gasteiger partial charge in [-0.05, 0) is 93.5 Å². The number of esters is 1. The van der Waals surface area contributed by atoms with Crippen LogP contribution in [-0.4, -0.2) is 41.7 Å². The van der Waals surface area contributed by atoms with E-state index in [9.17, 15) is 14.7 Å². The summed E-state index contributed by atoms with van der Waals surface area (Å²) < 4.78 is 9.76. The first kappa shape index (κ1) is 31.3. The highest BCUT2D eigenvalue weighted by molar-refractivity contribution is 6.01. The maximum Gasteiger partial charge on any atom is 0.306 e. The molecule has 3 aromatic carbocycles. The van der Waals surface area contributed by atoms with E-state index >= 15 is 0 Å². The molecule has 6 aromatic rings. The zero-order valence-electron chi connectivity index (χ0n) is 27.8. The summed E-state index contributed by atoms with van der Waals surface area (Å²) in [6.45, 7) is 6.31. The molecule has 9 nitrogen and oxygen atoms in total. The lowest BCUT2D eigenvalue weighted by Crippen LogP contribution is -2.23. The topological polar surface area (TPSA) is 114 Å². The number of rotatable bonds is 10. The molecule has 4 heterocycles. The number of fused-ring (bicyclic) bond motifs is 3. The molecular weight excluding hydrogens is 602 g/mol. The Balaban J connectivity index is 1.14. The average Bonchev–Trinajstić information content (AvgIpc) is 3.79. The molecule has 0 aliphatic carbocycles. The largest absolute Gasteiger partial charge is 0.508 e. The Morgan fingerprint density at radius 1 is 1.00 bits per heavy atom. The third kappa shape index (κ3) is 6.32. The van der Waals surface area contributed by atoms with E-state index in [0.29, 0.717) is 24.9 Å². The number of hydrogen-bond donors (Lipinski definition) is 3. The minimum atomic E-state index is -0.509. The van der Waals surface area contributed by atoms with Crippen LogP contribution in [0.25, 0.3) is 21.8 Å². The molecule has 1 atom stereocenters. The number of aryl methyl sites for hydroxylation is 4. The lowest BCUT2D eigenvalue weighted by Gasteiger charge is -2.19. The summed E-state index contributed by atoms with van der Waals surface area (Å²) in [5.74, 6) is -0.176. The van der Waals surface area contributed by atoms with Crippen molar-refractivity contribution < 1.29 is 19.4 Å². The second-order valence-electron chi connectivity index (χ2n) is 13.8. The molecule has 246 valence electrons. The van der Waals surface area contributed by atoms with Crippen LogP contribution in [0.1, 0.15) is 83.7 Å². The fraction of sp³-hybridized carbons (Fsp3) is 0.308. The van der Waals surface area contributed by atoms with Gasteiger partial charge in [-0.2, -0.15) is 0 Å². The van der Waals surface area contributed by atoms with Gasteiger partial charge in [0.2, 0.25) is 0 Å². The van der Waals surface area contributed by atoms with E-state index in [1.54, 1.807) is 18.2 Å². The smallest absolute Gasteiger partial charge is 0.306 e. The second kappa shape index (κ2) is 12.4. The van der Waals surface area contributed by atoms with E-state index < -0.39 is 5.60 Å². The normalized spacial score (nSPS) is 14.5. The predicted molar refractivity (Wildman–Crippen MR) is 186 cm³/mol. The number of imidazole rings is 1. The van der Waals surface area contributed by atoms with Crippen molar-refractivity contribution in [2.24, 2.45) is 7.05 Å². The van der Waals surface area contributed by atoms with Crippen molar-refractivity contribution in [2.45, 2.75) is 71.1 Å². The summed E-state index contributed by atoms with van der Waals surface area (Å²) >= 11 is 0. The van der Waals surface area contributed by atoms with E-state index in [0.717, 1.165) is 69.1 Å². The summed E-state index contributed by atoms with van der Waals surface area (Å²) in [7, 11) is 1.97. The number of hydrogen-bond acceptors (Lipinski definition) is 5. The molecule has 1 unspecified atom stereocenters. The van der Waals surface area contributed by atoms with Crippen molar-refractivity contribution in [1.29, 1.82) is 0 Å². The zero-order chi connectivity index (χ0) is 33.6. The Bertz CT molecular complexity index is 2160. The first-order valence-electron chi connectivity index (χ1n) is 16.5. The van der Waals surface area contributed by atoms with Crippen molar-refractivity contribution in [3.05, 3.63) is 119 Å². The Hall–Kier alpha value is -5.31. The predicted octanol–water partition coefficient (Wildman–Crippen LogP) is 6.89. The van der Waals surface area contributed by atoms with Crippen molar-refractivity contribution in [3.63, 3.8) is 0 Å². The van der Waals surface area contributed by atoms with Gasteiger partial charge in [0.15, 0.2) is 0 Å². The molecule has 0 bridgehead atoms. The molecule has 0 radical (unpaired) electrons. The number of phenolic OH excluding ortho intramolecular Hbond substituents is 1. The molecule has 0 saturated carbocycles. The van der Waals surface area contributed by atoms with Crippen molar-refractivity contribution >= 4 is 33.7 Å². The number of para-hydroxylation sites is 1. The van der Waals surface area contributed by atoms with Gasteiger partial charge in [-0.3, -0.25) is 9.59 Å². The Kier molecular flexibility index (Phi) is 8.07. The summed E-state index contributed by atoms with van der Waals surface area (Å²) in [5, 5.41) is 15.6. The molecule has 0 fully saturated rings. The van der Waals surface area contributed by atoms with E-state index in [2.05, 4.69) is 56.4 Å². The van der Waals surface area contributed by atoms with Crippen LogP contribution in [0.4, 0.5) is 0 Å². The van der Waals surface area contributed by atoms with Gasteiger partial charge in [0.25, 0.3) is 5.91 Å². The molecular formula is C39H41N5O4. The van der Waals surface area contributed by atoms with Crippen molar-refractivity contribution in [3.8, 4) is 5.75 Å². The lowest BCUT2D eigenvalue weighted by atomic mass is 9.94. The quantitative estimate of drug-likeness (QED) is 0.141. The monoisotopic (exact) mass is 643 g/mol. The van der Waals surface area contributed by atoms with Crippen LogP contribution in [0.3, 0.4) is 0 Å². The van der Waals surface area contributed by atoms with Crippen LogP contribution < -0.4 is 5.32 Å². The van der Waals surface area contributed by atoms with Gasteiger partial charge in [0, 0.05) is 64.5 Å². The molecule has 0 spiro atoms. The highest BCUT2D eigenvalue weighted by atomic mass is 16.6. The second-order valence-corrected chi connectivity index (χ2v) is 13.8. The van der Waals surface area contributed by atoms with Crippen LogP contribution in [-0.2, 0) is 42.4 Å². The highest BCUT2D eigenvalue weighted by Crippen LogP contribution is 2.39. The Labute approximate surface area is 279 Å². The summed E-state index contributed by atoms with van der Waals surface area (Å²) in [4.78, 5) is 33.6. The maximum absolute atomic E-state index is 12.9. The van der Waals surface area contributed by atoms with E-state index in [1.807, 2.05) is 57.0 Å². The molecule has 1 aliphatic rings.